The highest BCUT2D eigenvalue weighted by Gasteiger charge is 2.45. The van der Waals surface area contributed by atoms with Crippen LogP contribution in [0.25, 0.3) is 0 Å². The van der Waals surface area contributed by atoms with Gasteiger partial charge in [-0.15, -0.1) is 0 Å². The first-order valence-electron chi connectivity index (χ1n) is 11.5. The minimum atomic E-state index is -2.03. The number of nitrogens with two attached hydrogens (primary N) is 1. The van der Waals surface area contributed by atoms with Crippen LogP contribution in [0.1, 0.15) is 58.8 Å². The Morgan fingerprint density at radius 1 is 1.19 bits per heavy atom. The van der Waals surface area contributed by atoms with E-state index in [1.165, 1.54) is 25.7 Å². The second-order valence-corrected chi connectivity index (χ2v) is 10.3. The summed E-state index contributed by atoms with van der Waals surface area (Å²) in [5.74, 6) is -0.686. The molecule has 1 fully saturated rings. The van der Waals surface area contributed by atoms with Crippen LogP contribution >= 0.6 is 34.8 Å². The molecule has 31 heavy (non-hydrogen) atoms. The minimum Gasteiger partial charge on any atom is -0.446 e. The fourth-order valence-electron chi connectivity index (χ4n) is 3.66. The first-order valence-corrected chi connectivity index (χ1v) is 12.1. The highest BCUT2D eigenvalue weighted by molar-refractivity contribution is 6.76. The second-order valence-electron chi connectivity index (χ2n) is 8.01. The van der Waals surface area contributed by atoms with Gasteiger partial charge < -0.3 is 29.4 Å². The Labute approximate surface area is 203 Å². The number of ether oxygens (including phenoxy) is 5. The molecule has 6 atom stereocenters. The molecule has 1 saturated heterocycles. The quantitative estimate of drug-likeness (QED) is 0.143. The summed E-state index contributed by atoms with van der Waals surface area (Å²) in [5, 5.41) is 7.88. The van der Waals surface area contributed by atoms with E-state index in [0.29, 0.717) is 13.2 Å². The number of hydrogen-bond donors (Lipinski definition) is 2. The lowest BCUT2D eigenvalue weighted by atomic mass is 9.89. The smallest absolute Gasteiger partial charge is 0.265 e. The minimum absolute atomic E-state index is 0.102. The van der Waals surface area contributed by atoms with Gasteiger partial charge in [0.2, 0.25) is 12.2 Å². The third-order valence-corrected chi connectivity index (χ3v) is 6.11. The maximum absolute atomic E-state index is 7.88. The Bertz CT molecular complexity index is 530. The van der Waals surface area contributed by atoms with Crippen molar-refractivity contribution in [2.75, 3.05) is 27.4 Å². The molecule has 0 saturated carbocycles. The summed E-state index contributed by atoms with van der Waals surface area (Å²) in [6.07, 6.45) is 6.09. The van der Waals surface area contributed by atoms with E-state index in [4.69, 9.17) is 65.3 Å². The van der Waals surface area contributed by atoms with Crippen LogP contribution in [0.2, 0.25) is 1.41 Å². The van der Waals surface area contributed by atoms with Crippen molar-refractivity contribution in [1.29, 1.82) is 5.41 Å². The van der Waals surface area contributed by atoms with Crippen molar-refractivity contribution in [2.45, 2.75) is 93.2 Å². The van der Waals surface area contributed by atoms with Gasteiger partial charge in [-0.3, -0.25) is 5.41 Å². The number of hydrogen-bond acceptors (Lipinski definition) is 7. The van der Waals surface area contributed by atoms with Gasteiger partial charge in [-0.25, -0.2) is 0 Å². The molecule has 2 unspecified atom stereocenters. The van der Waals surface area contributed by atoms with E-state index in [1.54, 1.807) is 14.2 Å². The third-order valence-electron chi connectivity index (χ3n) is 5.60. The van der Waals surface area contributed by atoms with Crippen molar-refractivity contribution in [3.63, 3.8) is 0 Å². The molecule has 0 aliphatic carbocycles. The van der Waals surface area contributed by atoms with Crippen LogP contribution in [0.15, 0.2) is 0 Å². The molecule has 1 rings (SSSR count). The Morgan fingerprint density at radius 2 is 1.90 bits per heavy atom. The van der Waals surface area contributed by atoms with Crippen LogP contribution in [0, 0.1) is 11.3 Å². The second kappa shape index (κ2) is 15.1. The Kier molecular flexibility index (Phi) is 13.4. The zero-order valence-corrected chi connectivity index (χ0v) is 21.3. The number of halogens is 3. The van der Waals surface area contributed by atoms with Crippen molar-refractivity contribution in [2.24, 2.45) is 11.6 Å². The van der Waals surface area contributed by atoms with E-state index in [2.05, 4.69) is 12.7 Å². The average molecular weight is 508 g/mol. The van der Waals surface area contributed by atoms with Gasteiger partial charge in [0.25, 0.3) is 3.79 Å². The average Bonchev–Trinajstić information content (AvgIpc) is 2.74. The lowest BCUT2D eigenvalue weighted by Crippen LogP contribution is -2.61. The standard InChI is InChI=1S/C21H39Cl3N2O5/c1-5-6-7-8-9-10-15(28-4)11-12-29-18-14(2)16(13-27-3)30-19(17(18)25)31-20(26)21(22,23)24/h14-19,26H,5-13,25H2,1-4H3/t14?,15-,16-,17-,18+,19?/m1/s1/i/hT. The summed E-state index contributed by atoms with van der Waals surface area (Å²) in [4.78, 5) is 0. The van der Waals surface area contributed by atoms with Gasteiger partial charge in [-0.1, -0.05) is 80.8 Å². The van der Waals surface area contributed by atoms with Gasteiger partial charge in [0.1, 0.15) is 1.41 Å². The fraction of sp³-hybridized carbons (Fsp3) is 0.952. The van der Waals surface area contributed by atoms with E-state index >= 15 is 0 Å². The molecule has 7 nitrogen and oxygen atoms in total. The molecule has 3 N–H and O–H groups in total. The topological polar surface area (TPSA) is 96.0 Å². The highest BCUT2D eigenvalue weighted by Crippen LogP contribution is 2.32. The van der Waals surface area contributed by atoms with Gasteiger partial charge in [-0.05, 0) is 12.8 Å². The molecular formula is C21H39Cl3N2O5. The van der Waals surface area contributed by atoms with Crippen LogP contribution in [0.3, 0.4) is 0 Å². The van der Waals surface area contributed by atoms with Gasteiger partial charge in [-0.2, -0.15) is 0 Å². The molecule has 184 valence electrons. The van der Waals surface area contributed by atoms with Gasteiger partial charge in [0.05, 0.1) is 31.0 Å². The predicted molar refractivity (Wildman–Crippen MR) is 125 cm³/mol. The summed E-state index contributed by atoms with van der Waals surface area (Å²) < 4.78 is 34.3. The number of rotatable bonds is 15. The molecule has 10 heteroatoms. The molecule has 0 bridgehead atoms. The Balaban J connectivity index is 2.73. The van der Waals surface area contributed by atoms with E-state index in [9.17, 15) is 0 Å². The molecule has 1 aliphatic heterocycles. The molecule has 0 spiro atoms. The summed E-state index contributed by atoms with van der Waals surface area (Å²) in [6, 6.07) is -0.694. The number of alkyl halides is 3. The lowest BCUT2D eigenvalue weighted by Gasteiger charge is -2.44. The molecule has 0 amide bonds. The molecule has 0 radical (unpaired) electrons. The molecule has 1 aliphatic rings. The van der Waals surface area contributed by atoms with Crippen molar-refractivity contribution < 1.29 is 25.1 Å². The number of methoxy groups -OCH3 is 2. The fourth-order valence-corrected chi connectivity index (χ4v) is 3.79. The predicted octanol–water partition coefficient (Wildman–Crippen LogP) is 4.84. The van der Waals surface area contributed by atoms with Crippen LogP contribution < -0.4 is 5.73 Å². The summed E-state index contributed by atoms with van der Waals surface area (Å²) in [7, 11) is 3.30. The molecule has 0 aromatic heterocycles. The first-order chi connectivity index (χ1) is 15.2. The maximum atomic E-state index is 7.88. The number of nitrogens with one attached hydrogen (secondary N) is 1. The van der Waals surface area contributed by atoms with Crippen LogP contribution in [0.4, 0.5) is 0 Å². The number of unbranched alkanes of at least 4 members (excludes halogenated alkanes) is 4. The maximum Gasteiger partial charge on any atom is 0.265 e. The normalized spacial score (nSPS) is 28.2. The monoisotopic (exact) mass is 506 g/mol. The van der Waals surface area contributed by atoms with Crippen LogP contribution in [-0.4, -0.2) is 67.8 Å². The Morgan fingerprint density at radius 3 is 2.48 bits per heavy atom. The van der Waals surface area contributed by atoms with Gasteiger partial charge in [0.15, 0.2) is 0 Å². The summed E-state index contributed by atoms with van der Waals surface area (Å²) >= 11 is 17.2. The van der Waals surface area contributed by atoms with Crippen molar-refractivity contribution in [3.05, 3.63) is 0 Å². The largest absolute Gasteiger partial charge is 0.446 e. The summed E-state index contributed by atoms with van der Waals surface area (Å²) in [6.45, 7) is 4.93. The molecule has 0 aromatic carbocycles. The third kappa shape index (κ3) is 10.3. The molecular weight excluding hydrogens is 467 g/mol. The van der Waals surface area contributed by atoms with E-state index < -0.39 is 28.1 Å². The zero-order chi connectivity index (χ0) is 24.1. The summed E-state index contributed by atoms with van der Waals surface area (Å²) in [5.41, 5.74) is 2.44. The molecule has 1 heterocycles. The molecule has 0 aromatic rings. The highest BCUT2D eigenvalue weighted by atomic mass is 35.6. The van der Waals surface area contributed by atoms with E-state index in [-0.39, 0.29) is 18.1 Å². The van der Waals surface area contributed by atoms with Crippen molar-refractivity contribution >= 4 is 40.7 Å². The first kappa shape index (κ1) is 27.4. The van der Waals surface area contributed by atoms with E-state index in [1.807, 2.05) is 6.92 Å². The van der Waals surface area contributed by atoms with Gasteiger partial charge in [0, 0.05) is 26.7 Å². The van der Waals surface area contributed by atoms with Crippen LogP contribution in [-0.2, 0) is 23.7 Å². The van der Waals surface area contributed by atoms with Crippen molar-refractivity contribution in [3.8, 4) is 0 Å². The Hall–Kier alpha value is 0.140. The van der Waals surface area contributed by atoms with E-state index in [0.717, 1.165) is 19.3 Å². The van der Waals surface area contributed by atoms with Crippen LogP contribution in [0.5, 0.6) is 0 Å². The zero-order valence-electron chi connectivity index (χ0n) is 20.0. The SMILES string of the molecule is [3H]N[C@H]1C(OC(=N)C(Cl)(Cl)Cl)O[C@H](COC)C(C)[C@@H]1OCC[C@@H](CCCCCCC)OC. The van der Waals surface area contributed by atoms with Gasteiger partial charge >= 0.3 is 0 Å². The van der Waals surface area contributed by atoms with Crippen molar-refractivity contribution in [1.82, 2.24) is 0 Å². The lowest BCUT2D eigenvalue weighted by molar-refractivity contribution is -0.235.